The van der Waals surface area contributed by atoms with Crippen molar-refractivity contribution >= 4 is 5.97 Å². The fourth-order valence-electron chi connectivity index (χ4n) is 2.61. The number of carbonyl (C=O) groups is 1. The predicted molar refractivity (Wildman–Crippen MR) is 61.9 cm³/mol. The second kappa shape index (κ2) is 4.84. The van der Waals surface area contributed by atoms with Crippen LogP contribution in [0.2, 0.25) is 0 Å². The number of esters is 1. The zero-order valence-corrected chi connectivity index (χ0v) is 9.73. The second-order valence-corrected chi connectivity index (χ2v) is 4.45. The van der Waals surface area contributed by atoms with Gasteiger partial charge < -0.3 is 10.5 Å². The van der Waals surface area contributed by atoms with Gasteiger partial charge in [0.2, 0.25) is 0 Å². The van der Waals surface area contributed by atoms with Gasteiger partial charge in [-0.25, -0.2) is 4.39 Å². The normalized spacial score (nSPS) is 28.1. The number of ether oxygens (including phenoxy) is 1. The Labute approximate surface area is 99.8 Å². The number of carbonyl (C=O) groups excluding carboxylic acids is 1. The topological polar surface area (TPSA) is 52.3 Å². The molecule has 0 saturated heterocycles. The number of nitrogens with two attached hydrogens (primary N) is 1. The van der Waals surface area contributed by atoms with Gasteiger partial charge in [0.25, 0.3) is 0 Å². The molecular formula is C13H16FNO2. The number of hydrogen-bond acceptors (Lipinski definition) is 3. The number of methoxy groups -OCH3 is 1. The summed E-state index contributed by atoms with van der Waals surface area (Å²) in [5.41, 5.74) is 6.94. The van der Waals surface area contributed by atoms with Crippen LogP contribution in [0.25, 0.3) is 0 Å². The molecule has 0 heterocycles. The van der Waals surface area contributed by atoms with Gasteiger partial charge in [-0.3, -0.25) is 4.79 Å². The fourth-order valence-corrected chi connectivity index (χ4v) is 2.61. The SMILES string of the molecule is COC(=O)[C@@H]1CC[C@H](N)[C@H]1c1ccc(F)cc1. The van der Waals surface area contributed by atoms with E-state index in [1.165, 1.54) is 19.2 Å². The number of rotatable bonds is 2. The molecule has 92 valence electrons. The zero-order valence-electron chi connectivity index (χ0n) is 9.73. The molecule has 17 heavy (non-hydrogen) atoms. The summed E-state index contributed by atoms with van der Waals surface area (Å²) in [4.78, 5) is 11.7. The predicted octanol–water partition coefficient (Wildman–Crippen LogP) is 1.82. The van der Waals surface area contributed by atoms with Crippen LogP contribution < -0.4 is 5.73 Å². The lowest BCUT2D eigenvalue weighted by atomic mass is 9.87. The van der Waals surface area contributed by atoms with Gasteiger partial charge in [-0.2, -0.15) is 0 Å². The van der Waals surface area contributed by atoms with Crippen LogP contribution in [-0.2, 0) is 9.53 Å². The molecule has 0 amide bonds. The smallest absolute Gasteiger partial charge is 0.309 e. The molecule has 4 heteroatoms. The first-order valence-corrected chi connectivity index (χ1v) is 5.72. The van der Waals surface area contributed by atoms with Crippen molar-refractivity contribution in [3.8, 4) is 0 Å². The highest BCUT2D eigenvalue weighted by Crippen LogP contribution is 2.39. The lowest BCUT2D eigenvalue weighted by Gasteiger charge is -2.21. The standard InChI is InChI=1S/C13H16FNO2/c1-17-13(16)10-6-7-11(15)12(10)8-2-4-9(14)5-3-8/h2-5,10-12H,6-7,15H2,1H3/t10-,11+,12+/m1/s1. The van der Waals surface area contributed by atoms with Crippen LogP contribution in [0.1, 0.15) is 24.3 Å². The average Bonchev–Trinajstić information content (AvgIpc) is 2.71. The van der Waals surface area contributed by atoms with Crippen LogP contribution in [0.4, 0.5) is 4.39 Å². The van der Waals surface area contributed by atoms with Gasteiger partial charge in [-0.1, -0.05) is 12.1 Å². The number of hydrogen-bond donors (Lipinski definition) is 1. The van der Waals surface area contributed by atoms with Crippen molar-refractivity contribution in [3.63, 3.8) is 0 Å². The minimum Gasteiger partial charge on any atom is -0.469 e. The van der Waals surface area contributed by atoms with E-state index in [2.05, 4.69) is 0 Å². The first kappa shape index (κ1) is 12.0. The monoisotopic (exact) mass is 237 g/mol. The van der Waals surface area contributed by atoms with Crippen molar-refractivity contribution in [2.75, 3.05) is 7.11 Å². The summed E-state index contributed by atoms with van der Waals surface area (Å²) in [6.45, 7) is 0. The Bertz CT molecular complexity index is 404. The van der Waals surface area contributed by atoms with Crippen LogP contribution in [-0.4, -0.2) is 19.1 Å². The molecule has 0 aromatic heterocycles. The van der Waals surface area contributed by atoms with E-state index in [0.717, 1.165) is 18.4 Å². The molecule has 2 N–H and O–H groups in total. The first-order valence-electron chi connectivity index (χ1n) is 5.72. The molecule has 0 radical (unpaired) electrons. The summed E-state index contributed by atoms with van der Waals surface area (Å²) in [6, 6.07) is 6.12. The second-order valence-electron chi connectivity index (χ2n) is 4.45. The quantitative estimate of drug-likeness (QED) is 0.798. The van der Waals surface area contributed by atoms with Crippen LogP contribution in [0, 0.1) is 11.7 Å². The van der Waals surface area contributed by atoms with E-state index >= 15 is 0 Å². The van der Waals surface area contributed by atoms with E-state index < -0.39 is 0 Å². The molecule has 1 aromatic rings. The fraction of sp³-hybridized carbons (Fsp3) is 0.462. The summed E-state index contributed by atoms with van der Waals surface area (Å²) >= 11 is 0. The molecule has 0 spiro atoms. The Morgan fingerprint density at radius 1 is 1.35 bits per heavy atom. The molecule has 2 rings (SSSR count). The van der Waals surface area contributed by atoms with Crippen molar-refractivity contribution in [1.82, 2.24) is 0 Å². The Morgan fingerprint density at radius 3 is 2.59 bits per heavy atom. The maximum absolute atomic E-state index is 12.9. The van der Waals surface area contributed by atoms with Crippen molar-refractivity contribution in [2.45, 2.75) is 24.8 Å². The maximum atomic E-state index is 12.9. The molecule has 0 aliphatic heterocycles. The summed E-state index contributed by atoms with van der Waals surface area (Å²) in [7, 11) is 1.38. The van der Waals surface area contributed by atoms with E-state index in [-0.39, 0.29) is 29.7 Å². The van der Waals surface area contributed by atoms with Crippen molar-refractivity contribution < 1.29 is 13.9 Å². The maximum Gasteiger partial charge on any atom is 0.309 e. The molecular weight excluding hydrogens is 221 g/mol. The van der Waals surface area contributed by atoms with Crippen LogP contribution in [0.3, 0.4) is 0 Å². The summed E-state index contributed by atoms with van der Waals surface area (Å²) in [6.07, 6.45) is 1.53. The largest absolute Gasteiger partial charge is 0.469 e. The van der Waals surface area contributed by atoms with Gasteiger partial charge in [0, 0.05) is 12.0 Å². The third-order valence-corrected chi connectivity index (χ3v) is 3.46. The lowest BCUT2D eigenvalue weighted by Crippen LogP contribution is -2.29. The lowest BCUT2D eigenvalue weighted by molar-refractivity contribution is -0.145. The van der Waals surface area contributed by atoms with E-state index in [1.54, 1.807) is 12.1 Å². The molecule has 1 fully saturated rings. The molecule has 1 saturated carbocycles. The third-order valence-electron chi connectivity index (χ3n) is 3.46. The van der Waals surface area contributed by atoms with Crippen molar-refractivity contribution in [3.05, 3.63) is 35.6 Å². The van der Waals surface area contributed by atoms with Crippen LogP contribution in [0.5, 0.6) is 0 Å². The number of benzene rings is 1. The van der Waals surface area contributed by atoms with Gasteiger partial charge in [-0.05, 0) is 30.5 Å². The minimum atomic E-state index is -0.282. The zero-order chi connectivity index (χ0) is 12.4. The minimum absolute atomic E-state index is 0.0652. The molecule has 3 nitrogen and oxygen atoms in total. The van der Waals surface area contributed by atoms with Crippen molar-refractivity contribution in [1.29, 1.82) is 0 Å². The van der Waals surface area contributed by atoms with Gasteiger partial charge >= 0.3 is 5.97 Å². The molecule has 1 aliphatic rings. The highest BCUT2D eigenvalue weighted by atomic mass is 19.1. The first-order chi connectivity index (χ1) is 8.13. The number of halogens is 1. The molecule has 1 aliphatic carbocycles. The molecule has 0 unspecified atom stereocenters. The Balaban J connectivity index is 2.27. The molecule has 1 aromatic carbocycles. The average molecular weight is 237 g/mol. The summed E-state index contributed by atoms with van der Waals surface area (Å²) < 4.78 is 17.7. The highest BCUT2D eigenvalue weighted by molar-refractivity contribution is 5.74. The van der Waals surface area contributed by atoms with Crippen LogP contribution >= 0.6 is 0 Å². The van der Waals surface area contributed by atoms with E-state index in [1.807, 2.05) is 0 Å². The van der Waals surface area contributed by atoms with E-state index in [9.17, 15) is 9.18 Å². The Kier molecular flexibility index (Phi) is 3.43. The van der Waals surface area contributed by atoms with Crippen LogP contribution in [0.15, 0.2) is 24.3 Å². The van der Waals surface area contributed by atoms with E-state index in [0.29, 0.717) is 0 Å². The van der Waals surface area contributed by atoms with E-state index in [4.69, 9.17) is 10.5 Å². The van der Waals surface area contributed by atoms with Crippen molar-refractivity contribution in [2.24, 2.45) is 11.7 Å². The van der Waals surface area contributed by atoms with Gasteiger partial charge in [0.1, 0.15) is 5.82 Å². The highest BCUT2D eigenvalue weighted by Gasteiger charge is 2.39. The molecule has 0 bridgehead atoms. The Hall–Kier alpha value is -1.42. The Morgan fingerprint density at radius 2 is 2.00 bits per heavy atom. The molecule has 3 atom stereocenters. The summed E-state index contributed by atoms with van der Waals surface area (Å²) in [5, 5.41) is 0. The third kappa shape index (κ3) is 2.31. The van der Waals surface area contributed by atoms with Gasteiger partial charge in [0.05, 0.1) is 13.0 Å². The van der Waals surface area contributed by atoms with Gasteiger partial charge in [0.15, 0.2) is 0 Å². The summed E-state index contributed by atoms with van der Waals surface area (Å²) in [5.74, 6) is -0.786. The van der Waals surface area contributed by atoms with Gasteiger partial charge in [-0.15, -0.1) is 0 Å².